The highest BCUT2D eigenvalue weighted by molar-refractivity contribution is 6.33. The Kier molecular flexibility index (Phi) is 5.32. The zero-order chi connectivity index (χ0) is 19.4. The zero-order valence-electron chi connectivity index (χ0n) is 13.6. The summed E-state index contributed by atoms with van der Waals surface area (Å²) in [5, 5.41) is 17.3. The lowest BCUT2D eigenvalue weighted by Crippen LogP contribution is -2.10. The molecule has 2 heterocycles. The molecule has 0 aliphatic rings. The van der Waals surface area contributed by atoms with Gasteiger partial charge in [-0.15, -0.1) is 0 Å². The lowest BCUT2D eigenvalue weighted by Gasteiger charge is -2.03. The van der Waals surface area contributed by atoms with Gasteiger partial charge < -0.3 is 9.73 Å². The van der Waals surface area contributed by atoms with Crippen molar-refractivity contribution in [3.8, 4) is 0 Å². The molecule has 0 bridgehead atoms. The summed E-state index contributed by atoms with van der Waals surface area (Å²) in [6.07, 6.45) is 3.85. The average molecular weight is 391 g/mol. The van der Waals surface area contributed by atoms with Crippen LogP contribution in [0.1, 0.15) is 11.3 Å². The van der Waals surface area contributed by atoms with Crippen LogP contribution in [-0.4, -0.2) is 20.6 Å². The lowest BCUT2D eigenvalue weighted by molar-refractivity contribution is -0.402. The minimum Gasteiger partial charge on any atom is -0.401 e. The van der Waals surface area contributed by atoms with Crippen molar-refractivity contribution < 1.29 is 18.5 Å². The summed E-state index contributed by atoms with van der Waals surface area (Å²) in [4.78, 5) is 21.8. The quantitative estimate of drug-likeness (QED) is 0.391. The van der Waals surface area contributed by atoms with Crippen molar-refractivity contribution in [3.05, 3.63) is 80.9 Å². The van der Waals surface area contributed by atoms with E-state index in [1.165, 1.54) is 35.2 Å². The summed E-state index contributed by atoms with van der Waals surface area (Å²) >= 11 is 6.04. The van der Waals surface area contributed by atoms with Crippen molar-refractivity contribution in [3.63, 3.8) is 0 Å². The van der Waals surface area contributed by atoms with Crippen LogP contribution in [0.5, 0.6) is 0 Å². The van der Waals surface area contributed by atoms with Crippen molar-refractivity contribution in [1.29, 1.82) is 0 Å². The molecule has 0 aliphatic heterocycles. The van der Waals surface area contributed by atoms with Crippen molar-refractivity contribution in [1.82, 2.24) is 9.78 Å². The molecule has 2 aromatic heterocycles. The van der Waals surface area contributed by atoms with Crippen LogP contribution >= 0.6 is 11.6 Å². The maximum atomic E-state index is 13.7. The first-order valence-electron chi connectivity index (χ1n) is 7.62. The largest absolute Gasteiger partial charge is 0.433 e. The van der Waals surface area contributed by atoms with Gasteiger partial charge >= 0.3 is 5.88 Å². The van der Waals surface area contributed by atoms with Crippen LogP contribution in [0.4, 0.5) is 16.1 Å². The Hall–Kier alpha value is -3.46. The van der Waals surface area contributed by atoms with E-state index in [9.17, 15) is 19.3 Å². The number of aromatic nitrogens is 2. The summed E-state index contributed by atoms with van der Waals surface area (Å²) in [6, 6.07) is 8.79. The van der Waals surface area contributed by atoms with Gasteiger partial charge in [0.05, 0.1) is 12.6 Å². The number of nitro groups is 1. The van der Waals surface area contributed by atoms with Gasteiger partial charge in [-0.25, -0.2) is 4.39 Å². The van der Waals surface area contributed by atoms with Crippen LogP contribution in [-0.2, 0) is 11.3 Å². The fraction of sp³-hybridized carbons (Fsp3) is 0.0588. The molecule has 0 fully saturated rings. The predicted octanol–water partition coefficient (Wildman–Crippen LogP) is 3.88. The van der Waals surface area contributed by atoms with Gasteiger partial charge in [0.25, 0.3) is 0 Å². The third-order valence-electron chi connectivity index (χ3n) is 3.44. The van der Waals surface area contributed by atoms with Gasteiger partial charge in [-0.1, -0.05) is 29.8 Å². The molecule has 138 valence electrons. The summed E-state index contributed by atoms with van der Waals surface area (Å²) in [5.41, 5.74) is 0.425. The third-order valence-corrected chi connectivity index (χ3v) is 3.72. The Labute approximate surface area is 157 Å². The number of hydrogen-bond acceptors (Lipinski definition) is 5. The molecule has 0 unspecified atom stereocenters. The first-order chi connectivity index (χ1) is 12.9. The molecule has 0 saturated heterocycles. The second-order valence-corrected chi connectivity index (χ2v) is 5.78. The molecule has 1 amide bonds. The van der Waals surface area contributed by atoms with Gasteiger partial charge in [0.2, 0.25) is 5.91 Å². The molecular formula is C17H12ClFN4O4. The highest BCUT2D eigenvalue weighted by Crippen LogP contribution is 2.21. The van der Waals surface area contributed by atoms with E-state index >= 15 is 0 Å². The van der Waals surface area contributed by atoms with Gasteiger partial charge in [-0.05, 0) is 18.2 Å². The zero-order valence-corrected chi connectivity index (χ0v) is 14.4. The van der Waals surface area contributed by atoms with E-state index in [4.69, 9.17) is 16.0 Å². The van der Waals surface area contributed by atoms with Crippen LogP contribution in [0.25, 0.3) is 6.08 Å². The van der Waals surface area contributed by atoms with Crippen molar-refractivity contribution in [2.75, 3.05) is 5.32 Å². The third kappa shape index (κ3) is 4.59. The van der Waals surface area contributed by atoms with Crippen LogP contribution in [0.3, 0.4) is 0 Å². The fourth-order valence-corrected chi connectivity index (χ4v) is 2.41. The second kappa shape index (κ2) is 7.83. The number of carbonyl (C=O) groups is 1. The number of furan rings is 1. The van der Waals surface area contributed by atoms with Gasteiger partial charge in [-0.2, -0.15) is 5.10 Å². The first-order valence-corrected chi connectivity index (χ1v) is 8.00. The molecule has 3 aromatic rings. The molecule has 3 rings (SSSR count). The Morgan fingerprint density at radius 2 is 2.15 bits per heavy atom. The molecule has 0 radical (unpaired) electrons. The molecule has 27 heavy (non-hydrogen) atoms. The Morgan fingerprint density at radius 1 is 1.37 bits per heavy atom. The van der Waals surface area contributed by atoms with Crippen molar-refractivity contribution in [2.45, 2.75) is 6.54 Å². The summed E-state index contributed by atoms with van der Waals surface area (Å²) in [6.45, 7) is 0.147. The van der Waals surface area contributed by atoms with Gasteiger partial charge in [-0.3, -0.25) is 19.6 Å². The van der Waals surface area contributed by atoms with E-state index in [1.54, 1.807) is 18.2 Å². The number of halogens is 2. The fourth-order valence-electron chi connectivity index (χ4n) is 2.21. The van der Waals surface area contributed by atoms with Crippen molar-refractivity contribution in [2.24, 2.45) is 0 Å². The van der Waals surface area contributed by atoms with E-state index in [0.29, 0.717) is 5.56 Å². The molecule has 1 aromatic carbocycles. The maximum absolute atomic E-state index is 13.7. The Morgan fingerprint density at radius 3 is 2.85 bits per heavy atom. The van der Waals surface area contributed by atoms with Crippen LogP contribution in [0.15, 0.2) is 53.1 Å². The van der Waals surface area contributed by atoms with Gasteiger partial charge in [0, 0.05) is 17.8 Å². The average Bonchev–Trinajstić information content (AvgIpc) is 3.22. The van der Waals surface area contributed by atoms with E-state index in [-0.39, 0.29) is 29.0 Å². The number of carbonyl (C=O) groups excluding carboxylic acids is 1. The van der Waals surface area contributed by atoms with Gasteiger partial charge in [0.15, 0.2) is 5.82 Å². The summed E-state index contributed by atoms with van der Waals surface area (Å²) < 4.78 is 20.0. The molecule has 0 spiro atoms. The number of nitrogens with one attached hydrogen (secondary N) is 1. The molecule has 8 nitrogen and oxygen atoms in total. The van der Waals surface area contributed by atoms with Crippen molar-refractivity contribution >= 4 is 35.3 Å². The number of rotatable bonds is 6. The molecular weight excluding hydrogens is 379 g/mol. The standard InChI is InChI=1S/C17H12ClFN4O4/c18-13-10-22(9-11-3-1-2-4-14(11)19)21-17(13)20-15(24)7-5-12-6-8-16(27-12)23(25)26/h1-8,10H,9H2,(H,20,21,24)/b7-5+. The molecule has 1 N–H and O–H groups in total. The first kappa shape index (κ1) is 18.3. The predicted molar refractivity (Wildman–Crippen MR) is 95.8 cm³/mol. The van der Waals surface area contributed by atoms with Crippen LogP contribution < -0.4 is 5.32 Å². The Bertz CT molecular complexity index is 1030. The van der Waals surface area contributed by atoms with E-state index in [1.807, 2.05) is 0 Å². The molecule has 0 saturated carbocycles. The SMILES string of the molecule is O=C(/C=C/c1ccc([N+](=O)[O-])o1)Nc1nn(Cc2ccccc2F)cc1Cl. The van der Waals surface area contributed by atoms with Gasteiger partial charge in [0.1, 0.15) is 21.5 Å². The summed E-state index contributed by atoms with van der Waals surface area (Å²) in [5.74, 6) is -1.11. The van der Waals surface area contributed by atoms with E-state index in [0.717, 1.165) is 6.08 Å². The van der Waals surface area contributed by atoms with Crippen LogP contribution in [0.2, 0.25) is 5.02 Å². The minimum atomic E-state index is -0.681. The highest BCUT2D eigenvalue weighted by Gasteiger charge is 2.12. The maximum Gasteiger partial charge on any atom is 0.433 e. The number of nitrogens with zero attached hydrogens (tertiary/aromatic N) is 3. The molecule has 0 aliphatic carbocycles. The normalized spacial score (nSPS) is 11.0. The van der Waals surface area contributed by atoms with E-state index < -0.39 is 16.7 Å². The molecule has 0 atom stereocenters. The summed E-state index contributed by atoms with van der Waals surface area (Å²) in [7, 11) is 0. The number of hydrogen-bond donors (Lipinski definition) is 1. The second-order valence-electron chi connectivity index (χ2n) is 5.37. The number of anilines is 1. The number of amides is 1. The number of benzene rings is 1. The monoisotopic (exact) mass is 390 g/mol. The molecule has 10 heteroatoms. The topological polar surface area (TPSA) is 103 Å². The lowest BCUT2D eigenvalue weighted by atomic mass is 10.2. The van der Waals surface area contributed by atoms with Crippen LogP contribution in [0, 0.1) is 15.9 Å². The minimum absolute atomic E-state index is 0.105. The smallest absolute Gasteiger partial charge is 0.401 e. The van der Waals surface area contributed by atoms with E-state index in [2.05, 4.69) is 10.4 Å². The highest BCUT2D eigenvalue weighted by atomic mass is 35.5. The Balaban J connectivity index is 1.65.